The van der Waals surface area contributed by atoms with E-state index in [0.717, 1.165) is 18.8 Å². The summed E-state index contributed by atoms with van der Waals surface area (Å²) in [6, 6.07) is 6.06. The highest BCUT2D eigenvalue weighted by atomic mass is 32.2. The summed E-state index contributed by atoms with van der Waals surface area (Å²) in [5.41, 5.74) is -1.34. The Bertz CT molecular complexity index is 1160. The summed E-state index contributed by atoms with van der Waals surface area (Å²) in [5.74, 6) is 0.746. The van der Waals surface area contributed by atoms with Crippen LogP contribution in [0.5, 0.6) is 5.75 Å². The first-order chi connectivity index (χ1) is 17.5. The number of piperidine rings is 1. The number of aromatic nitrogens is 2. The molecule has 2 unspecified atom stereocenters. The zero-order chi connectivity index (χ0) is 26.7. The molecule has 0 amide bonds. The number of benzene rings is 1. The van der Waals surface area contributed by atoms with Crippen LogP contribution in [-0.2, 0) is 20.9 Å². The Labute approximate surface area is 213 Å². The molecule has 0 saturated carbocycles. The molecule has 2 atom stereocenters. The Hall–Kier alpha value is -2.52. The van der Waals surface area contributed by atoms with Gasteiger partial charge in [-0.05, 0) is 38.4 Å². The first-order valence-electron chi connectivity index (χ1n) is 11.9. The molecule has 10 nitrogen and oxygen atoms in total. The normalized spacial score (nSPS) is 20.8. The molecule has 0 bridgehead atoms. The van der Waals surface area contributed by atoms with E-state index in [1.807, 2.05) is 4.90 Å². The van der Waals surface area contributed by atoms with Gasteiger partial charge in [0.15, 0.2) is 5.69 Å². The second-order valence-corrected chi connectivity index (χ2v) is 11.1. The molecule has 3 N–H and O–H groups in total. The van der Waals surface area contributed by atoms with Crippen LogP contribution < -0.4 is 19.7 Å². The van der Waals surface area contributed by atoms with Crippen molar-refractivity contribution >= 4 is 15.8 Å². The first-order valence-corrected chi connectivity index (χ1v) is 13.3. The molecule has 37 heavy (non-hydrogen) atoms. The van der Waals surface area contributed by atoms with Crippen molar-refractivity contribution in [3.05, 3.63) is 42.4 Å². The molecule has 2 aromatic rings. The Morgan fingerprint density at radius 3 is 2.68 bits per heavy atom. The molecule has 1 aromatic carbocycles. The van der Waals surface area contributed by atoms with Crippen molar-refractivity contribution in [1.82, 2.24) is 20.0 Å². The van der Waals surface area contributed by atoms with Crippen LogP contribution in [0.3, 0.4) is 0 Å². The Morgan fingerprint density at radius 2 is 2.03 bits per heavy atom. The standard InChI is InChI=1S/C23H30F3N5O5S/c1-27-37(33,34)19-4-2-3-18(9-19)35-15-17(32)11-28-16-10-22(36-14-16)5-7-31(8-6-22)21-13-29-20(12-30-21)23(24,25)26/h2-4,9,12-13,16-17,27-28,32H,5-8,10-11,14-15H2,1H3. The van der Waals surface area contributed by atoms with Gasteiger partial charge in [-0.15, -0.1) is 0 Å². The lowest BCUT2D eigenvalue weighted by Crippen LogP contribution is -2.45. The van der Waals surface area contributed by atoms with Gasteiger partial charge in [0.25, 0.3) is 0 Å². The van der Waals surface area contributed by atoms with Crippen LogP contribution in [0, 0.1) is 0 Å². The monoisotopic (exact) mass is 545 g/mol. The maximum atomic E-state index is 12.7. The van der Waals surface area contributed by atoms with E-state index in [1.54, 1.807) is 12.1 Å². The molecule has 2 saturated heterocycles. The second kappa shape index (κ2) is 11.1. The number of nitrogens with one attached hydrogen (secondary N) is 2. The number of alkyl halides is 3. The molecule has 2 fully saturated rings. The predicted molar refractivity (Wildman–Crippen MR) is 128 cm³/mol. The van der Waals surface area contributed by atoms with E-state index in [9.17, 15) is 26.7 Å². The highest BCUT2D eigenvalue weighted by Crippen LogP contribution is 2.37. The number of hydrogen-bond acceptors (Lipinski definition) is 9. The van der Waals surface area contributed by atoms with Gasteiger partial charge >= 0.3 is 6.18 Å². The molecule has 0 aliphatic carbocycles. The lowest BCUT2D eigenvalue weighted by atomic mass is 9.87. The topological polar surface area (TPSA) is 126 Å². The van der Waals surface area contributed by atoms with E-state index in [2.05, 4.69) is 20.0 Å². The van der Waals surface area contributed by atoms with E-state index in [1.165, 1.54) is 19.2 Å². The van der Waals surface area contributed by atoms with E-state index in [0.29, 0.717) is 44.1 Å². The van der Waals surface area contributed by atoms with E-state index >= 15 is 0 Å². The number of hydrogen-bond donors (Lipinski definition) is 3. The van der Waals surface area contributed by atoms with Gasteiger partial charge in [-0.2, -0.15) is 13.2 Å². The summed E-state index contributed by atoms with van der Waals surface area (Å²) in [7, 11) is -2.26. The van der Waals surface area contributed by atoms with Gasteiger partial charge in [0, 0.05) is 31.7 Å². The average molecular weight is 546 g/mol. The maximum Gasteiger partial charge on any atom is 0.434 e. The molecule has 2 aliphatic rings. The minimum absolute atomic E-state index is 0.0160. The number of halogens is 3. The number of aliphatic hydroxyl groups excluding tert-OH is 1. The van der Waals surface area contributed by atoms with Gasteiger partial charge in [0.05, 0.1) is 29.5 Å². The molecule has 3 heterocycles. The Morgan fingerprint density at radius 1 is 1.27 bits per heavy atom. The fraction of sp³-hybridized carbons (Fsp3) is 0.565. The summed E-state index contributed by atoms with van der Waals surface area (Å²) in [4.78, 5) is 9.39. The summed E-state index contributed by atoms with van der Waals surface area (Å²) >= 11 is 0. The van der Waals surface area contributed by atoms with Crippen LogP contribution in [0.4, 0.5) is 19.0 Å². The van der Waals surface area contributed by atoms with Crippen molar-refractivity contribution in [3.8, 4) is 5.75 Å². The second-order valence-electron chi connectivity index (χ2n) is 9.20. The Balaban J connectivity index is 1.20. The van der Waals surface area contributed by atoms with E-state index < -0.39 is 28.0 Å². The van der Waals surface area contributed by atoms with Gasteiger partial charge in [-0.25, -0.2) is 23.1 Å². The third-order valence-corrected chi connectivity index (χ3v) is 8.02. The molecule has 1 spiro atoms. The van der Waals surface area contributed by atoms with Crippen LogP contribution in [0.25, 0.3) is 0 Å². The van der Waals surface area contributed by atoms with Crippen molar-refractivity contribution in [2.45, 2.75) is 48.1 Å². The number of ether oxygens (including phenoxy) is 2. The smallest absolute Gasteiger partial charge is 0.434 e. The minimum Gasteiger partial charge on any atom is -0.491 e. The summed E-state index contributed by atoms with van der Waals surface area (Å²) < 4.78 is 75.9. The SMILES string of the molecule is CNS(=O)(=O)c1cccc(OCC(O)CNC2COC3(CCN(c4cnc(C(F)(F)F)cn4)CC3)C2)c1. The predicted octanol–water partition coefficient (Wildman–Crippen LogP) is 1.56. The molecule has 4 rings (SSSR count). The zero-order valence-corrected chi connectivity index (χ0v) is 21.1. The summed E-state index contributed by atoms with van der Waals surface area (Å²) in [6.07, 6.45) is -1.28. The van der Waals surface area contributed by atoms with Crippen molar-refractivity contribution < 1.29 is 36.2 Å². The molecular formula is C23H30F3N5O5S. The number of sulfonamides is 1. The highest BCUT2D eigenvalue weighted by Gasteiger charge is 2.43. The van der Waals surface area contributed by atoms with Crippen LogP contribution in [0.15, 0.2) is 41.6 Å². The quantitative estimate of drug-likeness (QED) is 0.430. The first kappa shape index (κ1) is 27.5. The number of rotatable bonds is 9. The van der Waals surface area contributed by atoms with E-state index in [4.69, 9.17) is 9.47 Å². The Kier molecular flexibility index (Phi) is 8.23. The molecule has 2 aliphatic heterocycles. The molecule has 204 valence electrons. The van der Waals surface area contributed by atoms with Crippen LogP contribution >= 0.6 is 0 Å². The summed E-state index contributed by atoms with van der Waals surface area (Å²) in [5, 5.41) is 13.6. The molecule has 0 radical (unpaired) electrons. The van der Waals surface area contributed by atoms with Gasteiger partial charge in [0.2, 0.25) is 10.0 Å². The van der Waals surface area contributed by atoms with Crippen molar-refractivity contribution in [3.63, 3.8) is 0 Å². The number of nitrogens with zero attached hydrogens (tertiary/aromatic N) is 3. The largest absolute Gasteiger partial charge is 0.491 e. The van der Waals surface area contributed by atoms with Gasteiger partial charge in [-0.1, -0.05) is 6.07 Å². The molecular weight excluding hydrogens is 515 g/mol. The highest BCUT2D eigenvalue weighted by molar-refractivity contribution is 7.89. The van der Waals surface area contributed by atoms with Gasteiger partial charge < -0.3 is 24.8 Å². The zero-order valence-electron chi connectivity index (χ0n) is 20.2. The minimum atomic E-state index is -4.52. The van der Waals surface area contributed by atoms with Crippen molar-refractivity contribution in [1.29, 1.82) is 0 Å². The summed E-state index contributed by atoms with van der Waals surface area (Å²) in [6.45, 7) is 1.92. The molecule has 1 aromatic heterocycles. The van der Waals surface area contributed by atoms with Crippen molar-refractivity contribution in [2.75, 3.05) is 44.8 Å². The van der Waals surface area contributed by atoms with Gasteiger partial charge in [-0.3, -0.25) is 0 Å². The van der Waals surface area contributed by atoms with Crippen LogP contribution in [0.2, 0.25) is 0 Å². The van der Waals surface area contributed by atoms with Crippen LogP contribution in [0.1, 0.15) is 25.0 Å². The fourth-order valence-electron chi connectivity index (χ4n) is 4.50. The van der Waals surface area contributed by atoms with Crippen molar-refractivity contribution in [2.24, 2.45) is 0 Å². The maximum absolute atomic E-state index is 12.7. The van der Waals surface area contributed by atoms with E-state index in [-0.39, 0.29) is 29.7 Å². The molecule has 14 heteroatoms. The average Bonchev–Trinajstić information content (AvgIpc) is 3.28. The third kappa shape index (κ3) is 6.87. The fourth-order valence-corrected chi connectivity index (χ4v) is 5.27. The van der Waals surface area contributed by atoms with Gasteiger partial charge in [0.1, 0.15) is 24.3 Å². The number of anilines is 1. The number of aliphatic hydroxyl groups is 1. The lowest BCUT2D eigenvalue weighted by Gasteiger charge is -2.39. The lowest BCUT2D eigenvalue weighted by molar-refractivity contribution is -0.141. The van der Waals surface area contributed by atoms with Crippen LogP contribution in [-0.4, -0.2) is 81.1 Å². The third-order valence-electron chi connectivity index (χ3n) is 6.61.